The van der Waals surface area contributed by atoms with Crippen molar-refractivity contribution in [2.24, 2.45) is 0 Å². The van der Waals surface area contributed by atoms with Gasteiger partial charge in [0, 0.05) is 6.42 Å². The van der Waals surface area contributed by atoms with Gasteiger partial charge in [-0.25, -0.2) is 4.79 Å². The lowest BCUT2D eigenvalue weighted by Crippen LogP contribution is -2.41. The van der Waals surface area contributed by atoms with Gasteiger partial charge in [-0.1, -0.05) is 36.3 Å². The summed E-state index contributed by atoms with van der Waals surface area (Å²) in [7, 11) is 0. The van der Waals surface area contributed by atoms with E-state index in [1.807, 2.05) is 31.2 Å². The van der Waals surface area contributed by atoms with E-state index in [4.69, 9.17) is 4.52 Å². The maximum Gasteiger partial charge on any atom is 0.325 e. The SMILES string of the molecule is CCc1nc(CN2C(=O)N[C@@]3(CCc4ccccc43)C2=O)no1. The molecule has 1 spiro atoms. The Hall–Kier alpha value is -2.70. The zero-order chi connectivity index (χ0) is 16.0. The Morgan fingerprint density at radius 3 is 2.96 bits per heavy atom. The van der Waals surface area contributed by atoms with E-state index in [1.165, 1.54) is 4.90 Å². The van der Waals surface area contributed by atoms with Gasteiger partial charge in [-0.3, -0.25) is 9.69 Å². The number of nitrogens with zero attached hydrogens (tertiary/aromatic N) is 3. The average Bonchev–Trinajstić information content (AvgIpc) is 3.23. The van der Waals surface area contributed by atoms with Crippen molar-refractivity contribution in [3.05, 3.63) is 47.1 Å². The summed E-state index contributed by atoms with van der Waals surface area (Å²) in [5.74, 6) is 0.594. The van der Waals surface area contributed by atoms with Gasteiger partial charge in [0.05, 0.1) is 6.54 Å². The van der Waals surface area contributed by atoms with Crippen molar-refractivity contribution in [3.63, 3.8) is 0 Å². The van der Waals surface area contributed by atoms with Crippen molar-refractivity contribution in [2.45, 2.75) is 38.3 Å². The molecule has 1 aromatic heterocycles. The molecular weight excluding hydrogens is 296 g/mol. The van der Waals surface area contributed by atoms with E-state index in [0.717, 1.165) is 17.5 Å². The number of benzene rings is 1. The Labute approximate surface area is 132 Å². The Morgan fingerprint density at radius 2 is 2.17 bits per heavy atom. The summed E-state index contributed by atoms with van der Waals surface area (Å²) in [6, 6.07) is 7.34. The molecule has 7 heteroatoms. The fraction of sp³-hybridized carbons (Fsp3) is 0.375. The van der Waals surface area contributed by atoms with Crippen LogP contribution in [0.15, 0.2) is 28.8 Å². The molecule has 2 heterocycles. The first-order valence-corrected chi connectivity index (χ1v) is 7.68. The van der Waals surface area contributed by atoms with Crippen LogP contribution in [-0.4, -0.2) is 27.0 Å². The highest BCUT2D eigenvalue weighted by Crippen LogP contribution is 2.41. The van der Waals surface area contributed by atoms with Crippen molar-refractivity contribution in [1.29, 1.82) is 0 Å². The van der Waals surface area contributed by atoms with E-state index in [-0.39, 0.29) is 12.5 Å². The molecule has 1 aliphatic carbocycles. The number of carbonyl (C=O) groups excluding carboxylic acids is 2. The third kappa shape index (κ3) is 1.96. The summed E-state index contributed by atoms with van der Waals surface area (Å²) in [5.41, 5.74) is 1.06. The highest BCUT2D eigenvalue weighted by Gasteiger charge is 2.55. The average molecular weight is 312 g/mol. The number of urea groups is 1. The van der Waals surface area contributed by atoms with E-state index in [9.17, 15) is 9.59 Å². The van der Waals surface area contributed by atoms with Gasteiger partial charge in [0.2, 0.25) is 5.89 Å². The van der Waals surface area contributed by atoms with Gasteiger partial charge in [0.1, 0.15) is 5.54 Å². The molecule has 0 bridgehead atoms. The molecule has 118 valence electrons. The first kappa shape index (κ1) is 13.9. The summed E-state index contributed by atoms with van der Waals surface area (Å²) in [6.45, 7) is 1.92. The molecule has 0 saturated carbocycles. The Balaban J connectivity index is 1.65. The Bertz CT molecular complexity index is 800. The molecule has 0 unspecified atom stereocenters. The lowest BCUT2D eigenvalue weighted by Gasteiger charge is -2.22. The predicted molar refractivity (Wildman–Crippen MR) is 79.2 cm³/mol. The zero-order valence-corrected chi connectivity index (χ0v) is 12.7. The van der Waals surface area contributed by atoms with Gasteiger partial charge < -0.3 is 9.84 Å². The van der Waals surface area contributed by atoms with Crippen LogP contribution in [0.25, 0.3) is 0 Å². The molecule has 1 fully saturated rings. The van der Waals surface area contributed by atoms with Crippen LogP contribution in [0.2, 0.25) is 0 Å². The van der Waals surface area contributed by atoms with Crippen molar-refractivity contribution < 1.29 is 14.1 Å². The molecular formula is C16H16N4O3. The van der Waals surface area contributed by atoms with Crippen molar-refractivity contribution >= 4 is 11.9 Å². The molecule has 4 rings (SSSR count). The minimum atomic E-state index is -0.939. The van der Waals surface area contributed by atoms with Crippen LogP contribution in [-0.2, 0) is 29.7 Å². The van der Waals surface area contributed by atoms with Crippen molar-refractivity contribution in [2.75, 3.05) is 0 Å². The molecule has 1 aromatic carbocycles. The second kappa shape index (κ2) is 4.91. The van der Waals surface area contributed by atoms with Crippen molar-refractivity contribution in [3.8, 4) is 0 Å². The fourth-order valence-electron chi connectivity index (χ4n) is 3.37. The van der Waals surface area contributed by atoms with Crippen molar-refractivity contribution in [1.82, 2.24) is 20.4 Å². The van der Waals surface area contributed by atoms with Crippen LogP contribution in [0.3, 0.4) is 0 Å². The summed E-state index contributed by atoms with van der Waals surface area (Å²) in [4.78, 5) is 30.6. The standard InChI is InChI=1S/C16H16N4O3/c1-2-13-17-12(19-23-13)9-20-14(21)16(18-15(20)22)8-7-10-5-3-4-6-11(10)16/h3-6H,2,7-9H2,1H3,(H,18,22)/t16-/m1/s1. The van der Waals surface area contributed by atoms with Crippen LogP contribution < -0.4 is 5.32 Å². The summed E-state index contributed by atoms with van der Waals surface area (Å²) < 4.78 is 5.04. The number of hydrogen-bond acceptors (Lipinski definition) is 5. The largest absolute Gasteiger partial charge is 0.339 e. The third-order valence-electron chi connectivity index (χ3n) is 4.53. The van der Waals surface area contributed by atoms with Crippen LogP contribution in [0, 0.1) is 0 Å². The molecule has 2 aromatic rings. The third-order valence-corrected chi connectivity index (χ3v) is 4.53. The molecule has 1 atom stereocenters. The summed E-state index contributed by atoms with van der Waals surface area (Å²) >= 11 is 0. The monoisotopic (exact) mass is 312 g/mol. The number of amides is 3. The van der Waals surface area contributed by atoms with E-state index < -0.39 is 11.6 Å². The highest BCUT2D eigenvalue weighted by molar-refractivity contribution is 6.07. The van der Waals surface area contributed by atoms with E-state index in [0.29, 0.717) is 24.6 Å². The van der Waals surface area contributed by atoms with E-state index in [1.54, 1.807) is 0 Å². The minimum Gasteiger partial charge on any atom is -0.339 e. The van der Waals surface area contributed by atoms with Gasteiger partial charge in [0.25, 0.3) is 5.91 Å². The smallest absolute Gasteiger partial charge is 0.325 e. The normalized spacial score (nSPS) is 22.7. The topological polar surface area (TPSA) is 88.3 Å². The van der Waals surface area contributed by atoms with Gasteiger partial charge in [-0.05, 0) is 24.0 Å². The second-order valence-corrected chi connectivity index (χ2v) is 5.84. The van der Waals surface area contributed by atoms with Gasteiger partial charge in [-0.15, -0.1) is 0 Å². The van der Waals surface area contributed by atoms with E-state index in [2.05, 4.69) is 15.5 Å². The molecule has 2 aliphatic rings. The fourth-order valence-corrected chi connectivity index (χ4v) is 3.37. The van der Waals surface area contributed by atoms with E-state index >= 15 is 0 Å². The first-order chi connectivity index (χ1) is 11.1. The number of fused-ring (bicyclic) bond motifs is 2. The number of imide groups is 1. The molecule has 1 saturated heterocycles. The Kier molecular flexibility index (Phi) is 2.97. The first-order valence-electron chi connectivity index (χ1n) is 7.68. The number of carbonyl (C=O) groups is 2. The predicted octanol–water partition coefficient (Wildman–Crippen LogP) is 1.53. The summed E-state index contributed by atoms with van der Waals surface area (Å²) in [5, 5.41) is 6.70. The lowest BCUT2D eigenvalue weighted by molar-refractivity contribution is -0.132. The summed E-state index contributed by atoms with van der Waals surface area (Å²) in [6.07, 6.45) is 1.97. The molecule has 7 nitrogen and oxygen atoms in total. The van der Waals surface area contributed by atoms with Crippen LogP contribution >= 0.6 is 0 Å². The minimum absolute atomic E-state index is 0.0259. The number of nitrogens with one attached hydrogen (secondary N) is 1. The number of hydrogen-bond donors (Lipinski definition) is 1. The molecule has 23 heavy (non-hydrogen) atoms. The Morgan fingerprint density at radius 1 is 1.35 bits per heavy atom. The van der Waals surface area contributed by atoms with Crippen LogP contribution in [0.4, 0.5) is 4.79 Å². The molecule has 3 amide bonds. The lowest BCUT2D eigenvalue weighted by atomic mass is 9.92. The number of aromatic nitrogens is 2. The van der Waals surface area contributed by atoms with Crippen LogP contribution in [0.5, 0.6) is 0 Å². The van der Waals surface area contributed by atoms with Gasteiger partial charge >= 0.3 is 6.03 Å². The quantitative estimate of drug-likeness (QED) is 0.868. The van der Waals surface area contributed by atoms with Gasteiger partial charge in [-0.2, -0.15) is 4.98 Å². The maximum atomic E-state index is 12.9. The highest BCUT2D eigenvalue weighted by atomic mass is 16.5. The second-order valence-electron chi connectivity index (χ2n) is 5.84. The maximum absolute atomic E-state index is 12.9. The molecule has 1 N–H and O–H groups in total. The number of aryl methyl sites for hydroxylation is 2. The zero-order valence-electron chi connectivity index (χ0n) is 12.7. The van der Waals surface area contributed by atoms with Crippen LogP contribution in [0.1, 0.15) is 36.2 Å². The van der Waals surface area contributed by atoms with Gasteiger partial charge in [0.15, 0.2) is 5.82 Å². The molecule has 0 radical (unpaired) electrons. The molecule has 1 aliphatic heterocycles. The number of rotatable bonds is 3.